The van der Waals surface area contributed by atoms with Gasteiger partial charge < -0.3 is 21.3 Å². The summed E-state index contributed by atoms with van der Waals surface area (Å²) < 4.78 is 0. The number of hydrogen-bond acceptors (Lipinski definition) is 4. The lowest BCUT2D eigenvalue weighted by atomic mass is 10.2. The van der Waals surface area contributed by atoms with Gasteiger partial charge in [-0.25, -0.2) is 0 Å². The predicted octanol–water partition coefficient (Wildman–Crippen LogP) is 0.337. The third-order valence-electron chi connectivity index (χ3n) is 1.70. The van der Waals surface area contributed by atoms with Crippen LogP contribution in [0.4, 0.5) is 5.69 Å². The number of hydrogen-bond donors (Lipinski definition) is 4. The minimum absolute atomic E-state index is 0.0972. The second kappa shape index (κ2) is 9.45. The molecule has 0 saturated carbocycles. The number of aryl methyl sites for hydroxylation is 1. The molecule has 4 nitrogen and oxygen atoms in total. The summed E-state index contributed by atoms with van der Waals surface area (Å²) in [5.74, 6) is 0. The van der Waals surface area contributed by atoms with E-state index in [1.807, 2.05) is 31.2 Å². The van der Waals surface area contributed by atoms with E-state index in [1.54, 1.807) is 0 Å². The molecule has 0 atom stereocenters. The van der Waals surface area contributed by atoms with Crippen LogP contribution in [0.2, 0.25) is 0 Å². The molecule has 1 aromatic carbocycles. The molecule has 0 radical (unpaired) electrons. The van der Waals surface area contributed by atoms with Gasteiger partial charge in [0.15, 0.2) is 0 Å². The van der Waals surface area contributed by atoms with Crippen LogP contribution in [0.3, 0.4) is 0 Å². The molecule has 0 spiro atoms. The Balaban J connectivity index is 0.000000423. The fraction of sp³-hybridized carbons (Fsp3) is 0.455. The number of benzene rings is 1. The lowest BCUT2D eigenvalue weighted by Crippen LogP contribution is -2.06. The number of aliphatic hydroxyl groups is 2. The zero-order valence-electron chi connectivity index (χ0n) is 9.11. The predicted molar refractivity (Wildman–Crippen MR) is 62.9 cm³/mol. The van der Waals surface area contributed by atoms with Crippen molar-refractivity contribution in [2.75, 3.05) is 31.6 Å². The number of nitrogens with one attached hydrogen (secondary N) is 1. The number of anilines is 1. The Kier molecular flexibility index (Phi) is 8.76. The van der Waals surface area contributed by atoms with E-state index in [9.17, 15) is 0 Å². The third-order valence-corrected chi connectivity index (χ3v) is 1.70. The second-order valence-corrected chi connectivity index (χ2v) is 2.98. The van der Waals surface area contributed by atoms with Crippen molar-refractivity contribution < 1.29 is 10.2 Å². The molecule has 0 amide bonds. The first-order valence-corrected chi connectivity index (χ1v) is 4.97. The van der Waals surface area contributed by atoms with Crippen LogP contribution in [0.5, 0.6) is 0 Å². The number of rotatable bonds is 4. The van der Waals surface area contributed by atoms with Crippen LogP contribution in [-0.2, 0) is 0 Å². The summed E-state index contributed by atoms with van der Waals surface area (Å²) >= 11 is 0. The van der Waals surface area contributed by atoms with Gasteiger partial charge in [0.25, 0.3) is 0 Å². The highest BCUT2D eigenvalue weighted by atomic mass is 16.3. The van der Waals surface area contributed by atoms with Crippen LogP contribution in [0, 0.1) is 6.92 Å². The van der Waals surface area contributed by atoms with Crippen LogP contribution in [0.15, 0.2) is 24.3 Å². The van der Waals surface area contributed by atoms with Crippen molar-refractivity contribution in [3.05, 3.63) is 29.8 Å². The molecule has 0 saturated heterocycles. The van der Waals surface area contributed by atoms with Crippen molar-refractivity contribution in [2.45, 2.75) is 6.92 Å². The van der Waals surface area contributed by atoms with Crippen LogP contribution in [-0.4, -0.2) is 36.5 Å². The Hall–Kier alpha value is -1.10. The Bertz CT molecular complexity index is 252. The molecule has 0 aromatic heterocycles. The van der Waals surface area contributed by atoms with E-state index in [0.29, 0.717) is 13.1 Å². The number of para-hydroxylation sites is 1. The van der Waals surface area contributed by atoms with Crippen molar-refractivity contribution >= 4 is 5.69 Å². The normalized spacial score (nSPS) is 9.07. The van der Waals surface area contributed by atoms with E-state index >= 15 is 0 Å². The van der Waals surface area contributed by atoms with Crippen molar-refractivity contribution in [3.63, 3.8) is 0 Å². The molecule has 5 N–H and O–H groups in total. The van der Waals surface area contributed by atoms with E-state index in [4.69, 9.17) is 15.9 Å². The summed E-state index contributed by atoms with van der Waals surface area (Å²) in [5.41, 5.74) is 7.09. The highest BCUT2D eigenvalue weighted by molar-refractivity contribution is 5.49. The van der Waals surface area contributed by atoms with Crippen molar-refractivity contribution in [2.24, 2.45) is 5.73 Å². The summed E-state index contributed by atoms with van der Waals surface area (Å²) in [4.78, 5) is 0. The quantitative estimate of drug-likeness (QED) is 0.580. The van der Waals surface area contributed by atoms with Crippen LogP contribution in [0.25, 0.3) is 0 Å². The number of aliphatic hydroxyl groups excluding tert-OH is 2. The van der Waals surface area contributed by atoms with Gasteiger partial charge in [-0.1, -0.05) is 18.2 Å². The average molecular weight is 212 g/mol. The van der Waals surface area contributed by atoms with Gasteiger partial charge in [0, 0.05) is 18.8 Å². The van der Waals surface area contributed by atoms with Gasteiger partial charge in [-0.2, -0.15) is 0 Å². The molecule has 0 heterocycles. The minimum Gasteiger partial charge on any atom is -0.395 e. The summed E-state index contributed by atoms with van der Waals surface area (Å²) in [6.07, 6.45) is 0. The lowest BCUT2D eigenvalue weighted by Gasteiger charge is -2.06. The summed E-state index contributed by atoms with van der Waals surface area (Å²) in [7, 11) is 0. The zero-order valence-corrected chi connectivity index (χ0v) is 9.11. The first-order chi connectivity index (χ1) is 7.26. The molecule has 0 fully saturated rings. The maximum Gasteiger partial charge on any atom is 0.0604 e. The lowest BCUT2D eigenvalue weighted by molar-refractivity contribution is 0.306. The highest BCUT2D eigenvalue weighted by Gasteiger charge is 1.92. The van der Waals surface area contributed by atoms with Gasteiger partial charge in [0.1, 0.15) is 0 Å². The topological polar surface area (TPSA) is 78.5 Å². The van der Waals surface area contributed by atoms with E-state index in [2.05, 4.69) is 5.32 Å². The van der Waals surface area contributed by atoms with Crippen LogP contribution in [0.1, 0.15) is 5.56 Å². The molecule has 0 aliphatic carbocycles. The van der Waals surface area contributed by atoms with Gasteiger partial charge >= 0.3 is 0 Å². The maximum atomic E-state index is 8.56. The van der Waals surface area contributed by atoms with Crippen molar-refractivity contribution in [1.82, 2.24) is 0 Å². The molecule has 0 unspecified atom stereocenters. The third kappa shape index (κ3) is 6.90. The highest BCUT2D eigenvalue weighted by Crippen LogP contribution is 2.11. The molecule has 0 aliphatic rings. The average Bonchev–Trinajstić information content (AvgIpc) is 2.28. The van der Waals surface area contributed by atoms with E-state index in [-0.39, 0.29) is 13.2 Å². The largest absolute Gasteiger partial charge is 0.395 e. The van der Waals surface area contributed by atoms with E-state index < -0.39 is 0 Å². The minimum atomic E-state index is 0.0972. The first-order valence-electron chi connectivity index (χ1n) is 4.97. The molecule has 1 aromatic rings. The monoisotopic (exact) mass is 212 g/mol. The molecule has 86 valence electrons. The molecule has 0 bridgehead atoms. The van der Waals surface area contributed by atoms with E-state index in [1.165, 1.54) is 5.56 Å². The molecule has 4 heteroatoms. The second-order valence-electron chi connectivity index (χ2n) is 2.98. The molecule has 15 heavy (non-hydrogen) atoms. The maximum absolute atomic E-state index is 8.56. The first kappa shape index (κ1) is 13.9. The molecule has 0 aliphatic heterocycles. The van der Waals surface area contributed by atoms with Crippen LogP contribution >= 0.6 is 0 Å². The smallest absolute Gasteiger partial charge is 0.0604 e. The van der Waals surface area contributed by atoms with Gasteiger partial charge in [-0.15, -0.1) is 0 Å². The van der Waals surface area contributed by atoms with Gasteiger partial charge in [0.05, 0.1) is 13.2 Å². The van der Waals surface area contributed by atoms with Crippen molar-refractivity contribution in [3.8, 4) is 0 Å². The Morgan fingerprint density at radius 2 is 1.80 bits per heavy atom. The Morgan fingerprint density at radius 3 is 2.27 bits per heavy atom. The van der Waals surface area contributed by atoms with Gasteiger partial charge in [-0.05, 0) is 18.6 Å². The van der Waals surface area contributed by atoms with Crippen LogP contribution < -0.4 is 11.1 Å². The van der Waals surface area contributed by atoms with Crippen molar-refractivity contribution in [1.29, 1.82) is 0 Å². The summed E-state index contributed by atoms with van der Waals surface area (Å²) in [6.45, 7) is 3.30. The standard InChI is InChI=1S/C9H13NO.C2H7NO/c1-8-4-2-3-5-9(8)10-6-7-11;3-1-2-4/h2-5,10-11H,6-7H2,1H3;4H,1-3H2. The molecular formula is C11H20N2O2. The van der Waals surface area contributed by atoms with E-state index in [0.717, 1.165) is 5.69 Å². The molecule has 1 rings (SSSR count). The Labute approximate surface area is 90.7 Å². The molecular weight excluding hydrogens is 192 g/mol. The number of nitrogens with two attached hydrogens (primary N) is 1. The van der Waals surface area contributed by atoms with Gasteiger partial charge in [-0.3, -0.25) is 0 Å². The summed E-state index contributed by atoms with van der Waals surface area (Å²) in [5, 5.41) is 19.4. The SMILES string of the molecule is Cc1ccccc1NCCO.NCCO. The zero-order chi connectivity index (χ0) is 11.5. The fourth-order valence-corrected chi connectivity index (χ4v) is 0.962. The summed E-state index contributed by atoms with van der Waals surface area (Å²) in [6, 6.07) is 8.02. The fourth-order valence-electron chi connectivity index (χ4n) is 0.962. The van der Waals surface area contributed by atoms with Gasteiger partial charge in [0.2, 0.25) is 0 Å². The Morgan fingerprint density at radius 1 is 1.20 bits per heavy atom.